The van der Waals surface area contributed by atoms with Crippen LogP contribution in [-0.4, -0.2) is 29.8 Å². The van der Waals surface area contributed by atoms with Crippen LogP contribution in [0.4, 0.5) is 13.2 Å². The van der Waals surface area contributed by atoms with Gasteiger partial charge >= 0.3 is 12.1 Å². The third-order valence-electron chi connectivity index (χ3n) is 3.50. The highest BCUT2D eigenvalue weighted by Gasteiger charge is 2.43. The molecule has 0 aromatic heterocycles. The van der Waals surface area contributed by atoms with Crippen LogP contribution in [0.2, 0.25) is 0 Å². The summed E-state index contributed by atoms with van der Waals surface area (Å²) in [5.41, 5.74) is 1.52. The molecule has 0 aliphatic heterocycles. The van der Waals surface area contributed by atoms with Gasteiger partial charge in [-0.2, -0.15) is 13.2 Å². The summed E-state index contributed by atoms with van der Waals surface area (Å²) in [5.74, 6) is 2.03. The minimum Gasteiger partial charge on any atom is -0.460 e. The molecule has 0 spiro atoms. The largest absolute Gasteiger partial charge is 0.460 e. The van der Waals surface area contributed by atoms with E-state index in [9.17, 15) is 22.8 Å². The second-order valence-electron chi connectivity index (χ2n) is 7.06. The molecule has 0 saturated heterocycles. The summed E-state index contributed by atoms with van der Waals surface area (Å²) in [4.78, 5) is 23.8. The number of nitrogens with two attached hydrogens (primary N) is 1. The maximum atomic E-state index is 13.4. The number of carbonyl (C=O) groups is 2. The van der Waals surface area contributed by atoms with Crippen molar-refractivity contribution in [2.45, 2.75) is 58.1 Å². The van der Waals surface area contributed by atoms with Gasteiger partial charge in [0, 0.05) is 0 Å². The summed E-state index contributed by atoms with van der Waals surface area (Å²) in [5, 5.41) is 0. The number of halogens is 3. The van der Waals surface area contributed by atoms with Crippen LogP contribution >= 0.6 is 0 Å². The van der Waals surface area contributed by atoms with E-state index in [1.54, 1.807) is 56.5 Å². The van der Waals surface area contributed by atoms with Gasteiger partial charge in [0.2, 0.25) is 5.91 Å². The number of hydrogen-bond donors (Lipinski definition) is 2. The van der Waals surface area contributed by atoms with Gasteiger partial charge in [0.1, 0.15) is 5.60 Å². The number of benzene rings is 1. The van der Waals surface area contributed by atoms with Gasteiger partial charge in [-0.25, -0.2) is 5.84 Å². The van der Waals surface area contributed by atoms with Crippen molar-refractivity contribution in [3.8, 4) is 0 Å². The number of carbonyl (C=O) groups excluding carboxylic acids is 2. The molecule has 0 saturated carbocycles. The van der Waals surface area contributed by atoms with E-state index in [-0.39, 0.29) is 6.61 Å². The lowest BCUT2D eigenvalue weighted by atomic mass is 9.96. The number of hydrazine groups is 1. The molecule has 0 aliphatic carbocycles. The molecule has 152 valence electrons. The van der Waals surface area contributed by atoms with Crippen molar-refractivity contribution in [2.75, 3.05) is 0 Å². The Morgan fingerprint density at radius 1 is 1.15 bits per heavy atom. The van der Waals surface area contributed by atoms with Crippen LogP contribution in [0.25, 0.3) is 0 Å². The van der Waals surface area contributed by atoms with Gasteiger partial charge in [-0.3, -0.25) is 15.0 Å². The van der Waals surface area contributed by atoms with Crippen molar-refractivity contribution in [3.05, 3.63) is 35.9 Å². The van der Waals surface area contributed by atoms with E-state index < -0.39 is 48.5 Å². The van der Waals surface area contributed by atoms with Gasteiger partial charge in [0.15, 0.2) is 6.10 Å². The first kappa shape index (κ1) is 22.9. The number of rotatable bonds is 8. The highest BCUT2D eigenvalue weighted by atomic mass is 19.4. The van der Waals surface area contributed by atoms with Gasteiger partial charge in [0.05, 0.1) is 18.9 Å². The normalized spacial score (nSPS) is 14.3. The fraction of sp³-hybridized carbons (Fsp3) is 0.556. The highest BCUT2D eigenvalue weighted by Crippen LogP contribution is 2.30. The van der Waals surface area contributed by atoms with Gasteiger partial charge in [-0.05, 0) is 32.8 Å². The lowest BCUT2D eigenvalue weighted by molar-refractivity contribution is -0.228. The zero-order chi connectivity index (χ0) is 20.7. The van der Waals surface area contributed by atoms with Gasteiger partial charge in [0.25, 0.3) is 0 Å². The molecule has 0 fully saturated rings. The maximum absolute atomic E-state index is 13.4. The Morgan fingerprint density at radius 2 is 1.74 bits per heavy atom. The number of alkyl halides is 3. The van der Waals surface area contributed by atoms with Crippen LogP contribution in [0.15, 0.2) is 30.3 Å². The van der Waals surface area contributed by atoms with Crippen molar-refractivity contribution in [2.24, 2.45) is 11.8 Å². The second kappa shape index (κ2) is 9.70. The molecule has 6 nitrogen and oxygen atoms in total. The summed E-state index contributed by atoms with van der Waals surface area (Å²) in [6.45, 7) is 4.56. The number of nitrogens with one attached hydrogen (secondary N) is 1. The monoisotopic (exact) mass is 390 g/mol. The molecule has 1 aromatic rings. The molecule has 0 aliphatic rings. The molecule has 2 atom stereocenters. The van der Waals surface area contributed by atoms with E-state index in [0.717, 1.165) is 0 Å². The zero-order valence-corrected chi connectivity index (χ0v) is 15.5. The minimum absolute atomic E-state index is 0.283. The molecule has 3 N–H and O–H groups in total. The summed E-state index contributed by atoms with van der Waals surface area (Å²) >= 11 is 0. The van der Waals surface area contributed by atoms with Crippen LogP contribution in [0.3, 0.4) is 0 Å². The van der Waals surface area contributed by atoms with Crippen LogP contribution in [0, 0.1) is 5.92 Å². The van der Waals surface area contributed by atoms with Gasteiger partial charge < -0.3 is 9.47 Å². The van der Waals surface area contributed by atoms with E-state index in [2.05, 4.69) is 0 Å². The smallest absolute Gasteiger partial charge is 0.414 e. The van der Waals surface area contributed by atoms with E-state index in [1.165, 1.54) is 0 Å². The molecule has 1 unspecified atom stereocenters. The molecule has 9 heteroatoms. The predicted molar refractivity (Wildman–Crippen MR) is 92.0 cm³/mol. The Bertz CT molecular complexity index is 615. The first-order valence-electron chi connectivity index (χ1n) is 8.37. The Balaban J connectivity index is 2.85. The minimum atomic E-state index is -4.71. The van der Waals surface area contributed by atoms with Crippen LogP contribution < -0.4 is 11.3 Å². The van der Waals surface area contributed by atoms with E-state index in [4.69, 9.17) is 15.3 Å². The highest BCUT2D eigenvalue weighted by molar-refractivity contribution is 5.83. The topological polar surface area (TPSA) is 90.6 Å². The summed E-state index contributed by atoms with van der Waals surface area (Å²) in [6, 6.07) is 8.33. The number of ether oxygens (including phenoxy) is 2. The number of amides is 1. The van der Waals surface area contributed by atoms with Crippen molar-refractivity contribution < 1.29 is 32.2 Å². The van der Waals surface area contributed by atoms with E-state index in [0.29, 0.717) is 5.56 Å². The molecule has 1 amide bonds. The summed E-state index contributed by atoms with van der Waals surface area (Å²) in [6.07, 6.45) is -8.24. The Hall–Kier alpha value is -2.13. The van der Waals surface area contributed by atoms with Gasteiger partial charge in [-0.15, -0.1) is 0 Å². The Labute approximate surface area is 156 Å². The maximum Gasteiger partial charge on any atom is 0.414 e. The summed E-state index contributed by atoms with van der Waals surface area (Å²) in [7, 11) is 0. The first-order valence-corrected chi connectivity index (χ1v) is 8.37. The van der Waals surface area contributed by atoms with Crippen molar-refractivity contribution in [3.63, 3.8) is 0 Å². The third-order valence-corrected chi connectivity index (χ3v) is 3.50. The molecule has 0 heterocycles. The molecular weight excluding hydrogens is 365 g/mol. The first-order chi connectivity index (χ1) is 12.4. The van der Waals surface area contributed by atoms with Crippen LogP contribution in [0.5, 0.6) is 0 Å². The zero-order valence-electron chi connectivity index (χ0n) is 15.5. The SMILES string of the molecule is CC(C)(C)OC(=O)C[C@H](CC(OCc1ccccc1)C(F)(F)F)C(=O)NN. The standard InChI is InChI=1S/C18H25F3N2O4/c1-17(2,3)27-15(24)10-13(16(25)23-22)9-14(18(19,20)21)26-11-12-7-5-4-6-8-12/h4-8,13-14H,9-11,22H2,1-3H3,(H,23,25)/t13-,14?/m0/s1. The van der Waals surface area contributed by atoms with E-state index in [1.807, 2.05) is 0 Å². The Kier molecular flexibility index (Phi) is 8.23. The Morgan fingerprint density at radius 3 is 2.22 bits per heavy atom. The van der Waals surface area contributed by atoms with Gasteiger partial charge in [-0.1, -0.05) is 30.3 Å². The van der Waals surface area contributed by atoms with Crippen molar-refractivity contribution in [1.29, 1.82) is 0 Å². The lowest BCUT2D eigenvalue weighted by Gasteiger charge is -2.26. The number of hydrogen-bond acceptors (Lipinski definition) is 5. The van der Waals surface area contributed by atoms with Crippen molar-refractivity contribution in [1.82, 2.24) is 5.43 Å². The molecule has 1 aromatic carbocycles. The summed E-state index contributed by atoms with van der Waals surface area (Å²) < 4.78 is 50.1. The molecule has 1 rings (SSSR count). The second-order valence-corrected chi connectivity index (χ2v) is 7.06. The lowest BCUT2D eigenvalue weighted by Crippen LogP contribution is -2.42. The quantitative estimate of drug-likeness (QED) is 0.308. The van der Waals surface area contributed by atoms with Crippen LogP contribution in [0.1, 0.15) is 39.2 Å². The fourth-order valence-corrected chi connectivity index (χ4v) is 2.31. The molecule has 27 heavy (non-hydrogen) atoms. The fourth-order valence-electron chi connectivity index (χ4n) is 2.31. The third kappa shape index (κ3) is 8.87. The number of esters is 1. The average molecular weight is 390 g/mol. The molecular formula is C18H25F3N2O4. The van der Waals surface area contributed by atoms with Crippen molar-refractivity contribution >= 4 is 11.9 Å². The predicted octanol–water partition coefficient (Wildman–Crippen LogP) is 2.86. The molecule has 0 radical (unpaired) electrons. The van der Waals surface area contributed by atoms with E-state index >= 15 is 0 Å². The average Bonchev–Trinajstić information content (AvgIpc) is 2.55. The molecule has 0 bridgehead atoms. The van der Waals surface area contributed by atoms with Crippen LogP contribution in [-0.2, 0) is 25.7 Å².